The van der Waals surface area contributed by atoms with Gasteiger partial charge in [0.05, 0.1) is 0 Å². The molecule has 0 N–H and O–H groups in total. The zero-order valence-electron chi connectivity index (χ0n) is 13.5. The van der Waals surface area contributed by atoms with Gasteiger partial charge in [-0.15, -0.1) is 0 Å². The average molecular weight is 443 g/mol. The summed E-state index contributed by atoms with van der Waals surface area (Å²) in [5.74, 6) is 0. The predicted molar refractivity (Wildman–Crippen MR) is 102 cm³/mol. The molecule has 0 atom stereocenters. The van der Waals surface area contributed by atoms with E-state index in [1.165, 1.54) is 32.7 Å². The van der Waals surface area contributed by atoms with E-state index in [1.807, 2.05) is 30.3 Å². The van der Waals surface area contributed by atoms with Gasteiger partial charge in [0, 0.05) is 16.8 Å². The number of benzene rings is 3. The Bertz CT molecular complexity index is 868. The van der Waals surface area contributed by atoms with E-state index in [-0.39, 0.29) is 0 Å². The Morgan fingerprint density at radius 1 is 0.556 bits per heavy atom. The van der Waals surface area contributed by atoms with Crippen molar-refractivity contribution in [2.45, 2.75) is 9.79 Å². The summed E-state index contributed by atoms with van der Waals surface area (Å²) in [5, 5.41) is 0.771. The summed E-state index contributed by atoms with van der Waals surface area (Å²) in [6.45, 7) is 0. The SMILES string of the molecule is Clc1ccc(-c2ccc([SH+]c3ccccc3)cc2)cc1.F[P-](F)(F)(F)(F)F. The van der Waals surface area contributed by atoms with Crippen LogP contribution in [0.5, 0.6) is 0 Å². The number of rotatable bonds is 3. The van der Waals surface area contributed by atoms with Crippen LogP contribution in [-0.4, -0.2) is 0 Å². The summed E-state index contributed by atoms with van der Waals surface area (Å²) >= 11 is 7.15. The second kappa shape index (κ2) is 7.38. The van der Waals surface area contributed by atoms with Crippen molar-refractivity contribution in [3.05, 3.63) is 83.9 Å². The van der Waals surface area contributed by atoms with E-state index in [9.17, 15) is 25.2 Å². The Balaban J connectivity index is 0.000000321. The molecule has 0 nitrogen and oxygen atoms in total. The standard InChI is InChI=1S/C18H13ClS.F6P/c19-16-10-6-14(7-11-16)15-8-12-18(13-9-15)20-17-4-2-1-3-5-17;1-7(2,3,4,5)6/h1-13H;/q;-1/p+1. The van der Waals surface area contributed by atoms with Gasteiger partial charge in [-0.1, -0.05) is 41.9 Å². The van der Waals surface area contributed by atoms with Crippen LogP contribution >= 0.6 is 19.4 Å². The molecule has 0 aliphatic heterocycles. The summed E-state index contributed by atoms with van der Waals surface area (Å²) < 4.78 is 59.2. The molecule has 0 bridgehead atoms. The van der Waals surface area contributed by atoms with Crippen LogP contribution in [0.1, 0.15) is 0 Å². The number of thiol groups is 1. The Kier molecular flexibility index (Phi) is 5.91. The van der Waals surface area contributed by atoms with Crippen molar-refractivity contribution in [3.8, 4) is 11.1 Å². The average Bonchev–Trinajstić information content (AvgIpc) is 2.55. The molecule has 0 amide bonds. The van der Waals surface area contributed by atoms with Gasteiger partial charge in [0.25, 0.3) is 0 Å². The molecule has 0 aliphatic carbocycles. The van der Waals surface area contributed by atoms with Crippen molar-refractivity contribution in [2.24, 2.45) is 0 Å². The van der Waals surface area contributed by atoms with Crippen LogP contribution in [0.4, 0.5) is 25.2 Å². The van der Waals surface area contributed by atoms with Crippen LogP contribution in [-0.2, 0) is 11.8 Å². The molecule has 0 saturated carbocycles. The predicted octanol–water partition coefficient (Wildman–Crippen LogP) is 8.62. The summed E-state index contributed by atoms with van der Waals surface area (Å²) in [6.07, 6.45) is 0. The molecule has 27 heavy (non-hydrogen) atoms. The Morgan fingerprint density at radius 2 is 0.926 bits per heavy atom. The molecule has 0 spiro atoms. The van der Waals surface area contributed by atoms with Crippen LogP contribution in [0.15, 0.2) is 88.7 Å². The third-order valence-corrected chi connectivity index (χ3v) is 4.42. The van der Waals surface area contributed by atoms with Crippen molar-refractivity contribution in [1.29, 1.82) is 0 Å². The van der Waals surface area contributed by atoms with Crippen molar-refractivity contribution < 1.29 is 25.2 Å². The first-order valence-corrected chi connectivity index (χ1v) is 10.8. The van der Waals surface area contributed by atoms with Gasteiger partial charge in [0.15, 0.2) is 9.79 Å². The van der Waals surface area contributed by atoms with E-state index in [1.54, 1.807) is 0 Å². The van der Waals surface area contributed by atoms with E-state index in [2.05, 4.69) is 48.5 Å². The van der Waals surface area contributed by atoms with Gasteiger partial charge in [-0.2, -0.15) is 0 Å². The molecule has 3 aromatic carbocycles. The fraction of sp³-hybridized carbons (Fsp3) is 0. The van der Waals surface area contributed by atoms with Crippen LogP contribution in [0.3, 0.4) is 0 Å². The molecule has 0 aromatic heterocycles. The monoisotopic (exact) mass is 442 g/mol. The van der Waals surface area contributed by atoms with E-state index >= 15 is 0 Å². The minimum atomic E-state index is -10.7. The number of hydrogen-bond acceptors (Lipinski definition) is 0. The van der Waals surface area contributed by atoms with Crippen LogP contribution in [0, 0.1) is 0 Å². The Hall–Kier alpha value is -1.69. The first kappa shape index (κ1) is 21.6. The number of hydrogen-bond donors (Lipinski definition) is 0. The molecule has 3 aromatic rings. The molecule has 0 aliphatic rings. The molecule has 0 saturated heterocycles. The molecule has 146 valence electrons. The van der Waals surface area contributed by atoms with Gasteiger partial charge in [-0.3, -0.25) is 0 Å². The van der Waals surface area contributed by atoms with E-state index in [4.69, 9.17) is 11.6 Å². The zero-order valence-corrected chi connectivity index (χ0v) is 16.1. The van der Waals surface area contributed by atoms with Gasteiger partial charge < -0.3 is 0 Å². The van der Waals surface area contributed by atoms with Crippen LogP contribution in [0.2, 0.25) is 5.02 Å². The molecule has 0 unspecified atom stereocenters. The molecule has 0 heterocycles. The Labute approximate surface area is 161 Å². The van der Waals surface area contributed by atoms with Crippen LogP contribution < -0.4 is 0 Å². The number of halogens is 7. The third-order valence-electron chi connectivity index (χ3n) is 3.06. The molecule has 9 heteroatoms. The third kappa shape index (κ3) is 10.3. The van der Waals surface area contributed by atoms with Gasteiger partial charge in [0.1, 0.15) is 0 Å². The molecule has 0 radical (unpaired) electrons. The van der Waals surface area contributed by atoms with Crippen molar-refractivity contribution in [3.63, 3.8) is 0 Å². The van der Waals surface area contributed by atoms with Crippen molar-refractivity contribution in [1.82, 2.24) is 0 Å². The first-order valence-electron chi connectivity index (χ1n) is 7.45. The molecular weight excluding hydrogens is 429 g/mol. The first-order chi connectivity index (χ1) is 12.3. The second-order valence-corrected chi connectivity index (χ2v) is 9.07. The van der Waals surface area contributed by atoms with Gasteiger partial charge in [-0.25, -0.2) is 0 Å². The van der Waals surface area contributed by atoms with Crippen LogP contribution in [0.25, 0.3) is 11.1 Å². The summed E-state index contributed by atoms with van der Waals surface area (Å²) in [7, 11) is -10.7. The fourth-order valence-corrected chi connectivity index (χ4v) is 3.07. The second-order valence-electron chi connectivity index (χ2n) is 5.46. The van der Waals surface area contributed by atoms with Gasteiger partial charge in [-0.05, 0) is 59.7 Å². The molecule has 3 rings (SSSR count). The van der Waals surface area contributed by atoms with Gasteiger partial charge >= 0.3 is 33.0 Å². The fourth-order valence-electron chi connectivity index (χ4n) is 2.02. The normalized spacial score (nSPS) is 13.7. The zero-order chi connectivity index (χ0) is 20.2. The van der Waals surface area contributed by atoms with E-state index in [0.29, 0.717) is 0 Å². The summed E-state index contributed by atoms with van der Waals surface area (Å²) in [4.78, 5) is 2.61. The van der Waals surface area contributed by atoms with Gasteiger partial charge in [0.2, 0.25) is 0 Å². The minimum absolute atomic E-state index is 0.771. The topological polar surface area (TPSA) is 0 Å². The molecular formula is C18H14ClF6PS. The molecule has 0 fully saturated rings. The van der Waals surface area contributed by atoms with E-state index in [0.717, 1.165) is 5.02 Å². The quantitative estimate of drug-likeness (QED) is 0.165. The maximum absolute atomic E-state index is 10.7. The summed E-state index contributed by atoms with van der Waals surface area (Å²) in [6, 6.07) is 27.1. The summed E-state index contributed by atoms with van der Waals surface area (Å²) in [5.41, 5.74) is 2.41. The maximum atomic E-state index is 9.87. The van der Waals surface area contributed by atoms with Crippen molar-refractivity contribution >= 4 is 31.2 Å². The van der Waals surface area contributed by atoms with Crippen molar-refractivity contribution in [2.75, 3.05) is 0 Å². The van der Waals surface area contributed by atoms with E-state index < -0.39 is 7.81 Å². The Morgan fingerprint density at radius 3 is 1.37 bits per heavy atom.